The Morgan fingerprint density at radius 2 is 2.06 bits per heavy atom. The summed E-state index contributed by atoms with van der Waals surface area (Å²) < 4.78 is 7.05. The number of fused-ring (bicyclic) bond motifs is 2. The van der Waals surface area contributed by atoms with E-state index >= 15 is 0 Å². The van der Waals surface area contributed by atoms with Crippen LogP contribution < -0.4 is 5.32 Å². The largest absolute Gasteiger partial charge is 0.451 e. The number of amides is 1. The highest BCUT2D eigenvalue weighted by atomic mass is 32.1. The van der Waals surface area contributed by atoms with Gasteiger partial charge < -0.3 is 10.1 Å². The predicted octanol–water partition coefficient (Wildman–Crippen LogP) is 4.61. The van der Waals surface area contributed by atoms with Gasteiger partial charge in [0.2, 0.25) is 0 Å². The van der Waals surface area contributed by atoms with Crippen molar-refractivity contribution in [2.75, 3.05) is 11.9 Å². The molecule has 0 atom stereocenters. The van der Waals surface area contributed by atoms with E-state index in [4.69, 9.17) is 4.74 Å². The summed E-state index contributed by atoms with van der Waals surface area (Å²) >= 11 is 2.71. The Bertz CT molecular complexity index is 1390. The van der Waals surface area contributed by atoms with Gasteiger partial charge in [0.1, 0.15) is 20.8 Å². The summed E-state index contributed by atoms with van der Waals surface area (Å²) in [5.74, 6) is -1.02. The number of thiophene rings is 2. The summed E-state index contributed by atoms with van der Waals surface area (Å²) in [6, 6.07) is 13.6. The number of rotatable bonds is 5. The summed E-state index contributed by atoms with van der Waals surface area (Å²) in [5.41, 5.74) is 3.29. The number of aromatic nitrogens is 2. The number of hydrogen-bond acceptors (Lipinski definition) is 7. The van der Waals surface area contributed by atoms with Crippen LogP contribution >= 0.6 is 22.7 Å². The SMILES string of the molecule is Cc1nn(-c2ccccc2)c2sc(C(=O)OCC(=O)Nc3sc4c(c3C#N)CCC4)cc12. The lowest BCUT2D eigenvalue weighted by atomic mass is 10.1. The molecule has 1 aliphatic carbocycles. The molecule has 5 rings (SSSR count). The lowest BCUT2D eigenvalue weighted by molar-refractivity contribution is -0.119. The number of carbonyl (C=O) groups excluding carboxylic acids is 2. The van der Waals surface area contributed by atoms with E-state index < -0.39 is 18.5 Å². The van der Waals surface area contributed by atoms with Crippen molar-refractivity contribution in [1.29, 1.82) is 5.26 Å². The summed E-state index contributed by atoms with van der Waals surface area (Å²) in [6.07, 6.45) is 2.84. The van der Waals surface area contributed by atoms with E-state index in [0.29, 0.717) is 15.4 Å². The van der Waals surface area contributed by atoms with Gasteiger partial charge in [-0.1, -0.05) is 18.2 Å². The average molecular weight is 463 g/mol. The number of carbonyl (C=O) groups is 2. The van der Waals surface area contributed by atoms with Crippen molar-refractivity contribution >= 4 is 49.8 Å². The van der Waals surface area contributed by atoms with Crippen LogP contribution in [0.2, 0.25) is 0 Å². The van der Waals surface area contributed by atoms with E-state index in [-0.39, 0.29) is 0 Å². The van der Waals surface area contributed by atoms with Crippen LogP contribution in [0, 0.1) is 18.3 Å². The molecule has 4 aromatic rings. The minimum absolute atomic E-state index is 0.408. The van der Waals surface area contributed by atoms with Gasteiger partial charge in [0.25, 0.3) is 5.91 Å². The van der Waals surface area contributed by atoms with Crippen LogP contribution in [0.3, 0.4) is 0 Å². The van der Waals surface area contributed by atoms with Gasteiger partial charge in [0, 0.05) is 10.3 Å². The summed E-state index contributed by atoms with van der Waals surface area (Å²) in [6.45, 7) is 1.48. The van der Waals surface area contributed by atoms with Gasteiger partial charge in [-0.2, -0.15) is 10.4 Å². The Morgan fingerprint density at radius 1 is 1.25 bits per heavy atom. The third-order valence-corrected chi connectivity index (χ3v) is 7.66. The van der Waals surface area contributed by atoms with E-state index in [0.717, 1.165) is 51.3 Å². The summed E-state index contributed by atoms with van der Waals surface area (Å²) in [5, 5.41) is 18.2. The molecule has 0 unspecified atom stereocenters. The maximum Gasteiger partial charge on any atom is 0.348 e. The fourth-order valence-corrected chi connectivity index (χ4v) is 6.20. The fraction of sp³-hybridized carbons (Fsp3) is 0.217. The lowest BCUT2D eigenvalue weighted by Crippen LogP contribution is -2.20. The Kier molecular flexibility index (Phi) is 5.25. The second-order valence-electron chi connectivity index (χ2n) is 7.46. The zero-order valence-electron chi connectivity index (χ0n) is 17.2. The van der Waals surface area contributed by atoms with Gasteiger partial charge in [-0.05, 0) is 49.9 Å². The van der Waals surface area contributed by atoms with Gasteiger partial charge in [0.15, 0.2) is 6.61 Å². The van der Waals surface area contributed by atoms with Crippen LogP contribution in [-0.2, 0) is 22.4 Å². The molecule has 1 N–H and O–H groups in total. The highest BCUT2D eigenvalue weighted by Crippen LogP contribution is 2.38. The Morgan fingerprint density at radius 3 is 2.84 bits per heavy atom. The van der Waals surface area contributed by atoms with E-state index in [2.05, 4.69) is 16.5 Å². The van der Waals surface area contributed by atoms with Gasteiger partial charge in [-0.25, -0.2) is 9.48 Å². The molecule has 160 valence electrons. The number of hydrogen-bond donors (Lipinski definition) is 1. The standard InChI is InChI=1S/C23H18N4O3S2/c1-13-16-10-19(32-22(16)27(26-13)14-6-3-2-4-7-14)23(29)30-12-20(28)25-21-17(11-24)15-8-5-9-18(15)31-21/h2-4,6-7,10H,5,8-9,12H2,1H3,(H,25,28). The Labute approximate surface area is 191 Å². The molecule has 0 aliphatic heterocycles. The van der Waals surface area contributed by atoms with Crippen molar-refractivity contribution in [3.63, 3.8) is 0 Å². The number of para-hydroxylation sites is 1. The highest BCUT2D eigenvalue weighted by molar-refractivity contribution is 7.20. The molecule has 0 fully saturated rings. The van der Waals surface area contributed by atoms with Gasteiger partial charge in [0.05, 0.1) is 16.9 Å². The minimum atomic E-state index is -0.561. The van der Waals surface area contributed by atoms with Crippen molar-refractivity contribution in [1.82, 2.24) is 9.78 Å². The number of benzene rings is 1. The third-order valence-electron chi connectivity index (χ3n) is 5.37. The van der Waals surface area contributed by atoms with Gasteiger partial charge in [-0.15, -0.1) is 22.7 Å². The van der Waals surface area contributed by atoms with Crippen molar-refractivity contribution in [2.45, 2.75) is 26.2 Å². The molecule has 3 heterocycles. The molecule has 7 nitrogen and oxygen atoms in total. The average Bonchev–Trinajstić information content (AvgIpc) is 3.55. The molecule has 1 aliphatic rings. The third kappa shape index (κ3) is 3.57. The molecular weight excluding hydrogens is 444 g/mol. The van der Waals surface area contributed by atoms with E-state index in [9.17, 15) is 14.9 Å². The molecule has 1 aromatic carbocycles. The first-order valence-corrected chi connectivity index (χ1v) is 11.7. The topological polar surface area (TPSA) is 97.0 Å². The molecule has 1 amide bonds. The first-order valence-electron chi connectivity index (χ1n) is 10.1. The molecule has 3 aromatic heterocycles. The second kappa shape index (κ2) is 8.22. The first-order chi connectivity index (χ1) is 15.5. The maximum absolute atomic E-state index is 12.6. The van der Waals surface area contributed by atoms with Gasteiger partial charge in [-0.3, -0.25) is 4.79 Å². The number of ether oxygens (including phenoxy) is 1. The smallest absolute Gasteiger partial charge is 0.348 e. The van der Waals surface area contributed by atoms with Crippen LogP contribution in [0.15, 0.2) is 36.4 Å². The number of nitriles is 1. The van der Waals surface area contributed by atoms with Crippen molar-refractivity contribution in [3.8, 4) is 11.8 Å². The number of esters is 1. The van der Waals surface area contributed by atoms with Crippen molar-refractivity contribution in [2.24, 2.45) is 0 Å². The summed E-state index contributed by atoms with van der Waals surface area (Å²) in [7, 11) is 0. The van der Waals surface area contributed by atoms with E-state index in [1.165, 1.54) is 22.7 Å². The molecule has 0 bridgehead atoms. The molecule has 0 radical (unpaired) electrons. The Hall–Kier alpha value is -3.48. The van der Waals surface area contributed by atoms with Crippen molar-refractivity contribution in [3.05, 3.63) is 63.0 Å². The zero-order valence-corrected chi connectivity index (χ0v) is 18.8. The molecule has 0 saturated carbocycles. The second-order valence-corrected chi connectivity index (χ2v) is 9.60. The maximum atomic E-state index is 12.6. The van der Waals surface area contributed by atoms with Crippen LogP contribution in [0.25, 0.3) is 15.9 Å². The molecule has 0 saturated heterocycles. The predicted molar refractivity (Wildman–Crippen MR) is 124 cm³/mol. The Balaban J connectivity index is 1.29. The fourth-order valence-electron chi connectivity index (χ4n) is 3.87. The van der Waals surface area contributed by atoms with Crippen LogP contribution in [0.4, 0.5) is 5.00 Å². The first kappa shape index (κ1) is 20.4. The molecule has 32 heavy (non-hydrogen) atoms. The molecule has 9 heteroatoms. The van der Waals surface area contributed by atoms with E-state index in [1.54, 1.807) is 10.7 Å². The lowest BCUT2D eigenvalue weighted by Gasteiger charge is -2.05. The number of nitrogens with one attached hydrogen (secondary N) is 1. The number of anilines is 1. The van der Waals surface area contributed by atoms with Gasteiger partial charge >= 0.3 is 5.97 Å². The molecular formula is C23H18N4O3S2. The van der Waals surface area contributed by atoms with Crippen LogP contribution in [0.1, 0.15) is 37.8 Å². The normalized spacial score (nSPS) is 12.5. The monoisotopic (exact) mass is 462 g/mol. The minimum Gasteiger partial charge on any atom is -0.451 e. The number of aryl methyl sites for hydroxylation is 2. The van der Waals surface area contributed by atoms with Crippen LogP contribution in [-0.4, -0.2) is 28.3 Å². The zero-order chi connectivity index (χ0) is 22.2. The highest BCUT2D eigenvalue weighted by Gasteiger charge is 2.24. The quantitative estimate of drug-likeness (QED) is 0.437. The van der Waals surface area contributed by atoms with E-state index in [1.807, 2.05) is 37.3 Å². The number of nitrogens with zero attached hydrogens (tertiary/aromatic N) is 3. The van der Waals surface area contributed by atoms with Crippen LogP contribution in [0.5, 0.6) is 0 Å². The molecule has 0 spiro atoms. The van der Waals surface area contributed by atoms with Crippen molar-refractivity contribution < 1.29 is 14.3 Å². The summed E-state index contributed by atoms with van der Waals surface area (Å²) in [4.78, 5) is 27.4.